The molecule has 1 aromatic rings. The first-order valence-corrected chi connectivity index (χ1v) is 6.02. The second-order valence-corrected chi connectivity index (χ2v) is 4.51. The van der Waals surface area contributed by atoms with Crippen LogP contribution in [0.25, 0.3) is 0 Å². The minimum atomic E-state index is -0.438. The standard InChI is InChI=1S/C13H18N2O3/c1-18-13(17)11-7-9(4-5-12(11)14)15-6-2-3-10(16)8-15/h4-5,7,10,16H,2-3,6,8,14H2,1H3. The number of nitrogen functional groups attached to an aromatic ring is 1. The zero-order valence-corrected chi connectivity index (χ0v) is 10.4. The summed E-state index contributed by atoms with van der Waals surface area (Å²) in [5.41, 5.74) is 7.42. The van der Waals surface area contributed by atoms with Gasteiger partial charge in [0.1, 0.15) is 0 Å². The van der Waals surface area contributed by atoms with Crippen LogP contribution in [0.3, 0.4) is 0 Å². The van der Waals surface area contributed by atoms with Crippen molar-refractivity contribution in [3.05, 3.63) is 23.8 Å². The highest BCUT2D eigenvalue weighted by molar-refractivity contribution is 5.96. The molecule has 0 saturated carbocycles. The van der Waals surface area contributed by atoms with Crippen molar-refractivity contribution < 1.29 is 14.6 Å². The van der Waals surface area contributed by atoms with Gasteiger partial charge in [0, 0.05) is 24.5 Å². The molecule has 1 atom stereocenters. The summed E-state index contributed by atoms with van der Waals surface area (Å²) in [6.45, 7) is 1.46. The van der Waals surface area contributed by atoms with Gasteiger partial charge in [0.15, 0.2) is 0 Å². The first kappa shape index (κ1) is 12.7. The Labute approximate surface area is 106 Å². The average Bonchev–Trinajstić information content (AvgIpc) is 2.38. The Bertz CT molecular complexity index is 448. The maximum absolute atomic E-state index is 11.6. The van der Waals surface area contributed by atoms with E-state index >= 15 is 0 Å². The van der Waals surface area contributed by atoms with Crippen molar-refractivity contribution in [3.8, 4) is 0 Å². The predicted octanol–water partition coefficient (Wildman–Crippen LogP) is 1.02. The Morgan fingerprint density at radius 1 is 1.56 bits per heavy atom. The van der Waals surface area contributed by atoms with E-state index in [0.29, 0.717) is 17.8 Å². The molecule has 0 spiro atoms. The number of methoxy groups -OCH3 is 1. The molecule has 2 rings (SSSR count). The van der Waals surface area contributed by atoms with E-state index in [1.165, 1.54) is 7.11 Å². The predicted molar refractivity (Wildman–Crippen MR) is 69.6 cm³/mol. The third-order valence-electron chi connectivity index (χ3n) is 3.20. The van der Waals surface area contributed by atoms with Crippen LogP contribution in [0.1, 0.15) is 23.2 Å². The van der Waals surface area contributed by atoms with Gasteiger partial charge in [-0.15, -0.1) is 0 Å². The number of aliphatic hydroxyl groups excluding tert-OH is 1. The number of hydrogen-bond acceptors (Lipinski definition) is 5. The minimum absolute atomic E-state index is 0.308. The van der Waals surface area contributed by atoms with Crippen molar-refractivity contribution in [2.24, 2.45) is 0 Å². The highest BCUT2D eigenvalue weighted by Gasteiger charge is 2.19. The number of carbonyl (C=O) groups is 1. The zero-order valence-electron chi connectivity index (χ0n) is 10.4. The number of benzene rings is 1. The average molecular weight is 250 g/mol. The molecule has 0 amide bonds. The molecule has 18 heavy (non-hydrogen) atoms. The molecule has 0 bridgehead atoms. The first-order valence-electron chi connectivity index (χ1n) is 6.02. The van der Waals surface area contributed by atoms with Gasteiger partial charge >= 0.3 is 5.97 Å². The fraction of sp³-hybridized carbons (Fsp3) is 0.462. The van der Waals surface area contributed by atoms with Crippen molar-refractivity contribution in [1.82, 2.24) is 0 Å². The monoisotopic (exact) mass is 250 g/mol. The molecule has 0 radical (unpaired) electrons. The molecule has 1 saturated heterocycles. The molecule has 5 nitrogen and oxygen atoms in total. The van der Waals surface area contributed by atoms with Gasteiger partial charge in [-0.05, 0) is 31.0 Å². The van der Waals surface area contributed by atoms with Crippen LogP contribution >= 0.6 is 0 Å². The Morgan fingerprint density at radius 3 is 3.00 bits per heavy atom. The summed E-state index contributed by atoms with van der Waals surface area (Å²) in [6.07, 6.45) is 1.46. The van der Waals surface area contributed by atoms with E-state index in [1.54, 1.807) is 12.1 Å². The van der Waals surface area contributed by atoms with Crippen molar-refractivity contribution in [2.75, 3.05) is 30.8 Å². The Hall–Kier alpha value is -1.75. The number of nitrogens with zero attached hydrogens (tertiary/aromatic N) is 1. The molecule has 1 aliphatic rings. The molecule has 1 aliphatic heterocycles. The van der Waals surface area contributed by atoms with E-state index in [9.17, 15) is 9.90 Å². The minimum Gasteiger partial charge on any atom is -0.465 e. The van der Waals surface area contributed by atoms with Crippen LogP contribution < -0.4 is 10.6 Å². The number of rotatable bonds is 2. The lowest BCUT2D eigenvalue weighted by atomic mass is 10.1. The van der Waals surface area contributed by atoms with E-state index in [2.05, 4.69) is 4.90 Å². The van der Waals surface area contributed by atoms with Crippen LogP contribution in [0.2, 0.25) is 0 Å². The van der Waals surface area contributed by atoms with E-state index in [0.717, 1.165) is 25.1 Å². The van der Waals surface area contributed by atoms with Crippen LogP contribution in [0.5, 0.6) is 0 Å². The van der Waals surface area contributed by atoms with Gasteiger partial charge in [0.25, 0.3) is 0 Å². The van der Waals surface area contributed by atoms with Crippen molar-refractivity contribution in [2.45, 2.75) is 18.9 Å². The quantitative estimate of drug-likeness (QED) is 0.605. The van der Waals surface area contributed by atoms with Crippen LogP contribution in [-0.4, -0.2) is 37.4 Å². The Kier molecular flexibility index (Phi) is 3.72. The molecule has 0 aliphatic carbocycles. The molecule has 1 fully saturated rings. The number of β-amino-alcohol motifs (C(OH)–C–C–N with tert-alkyl or cyclic N) is 1. The van der Waals surface area contributed by atoms with Crippen molar-refractivity contribution >= 4 is 17.3 Å². The Morgan fingerprint density at radius 2 is 2.33 bits per heavy atom. The number of ether oxygens (including phenoxy) is 1. The molecule has 98 valence electrons. The maximum atomic E-state index is 11.6. The summed E-state index contributed by atoms with van der Waals surface area (Å²) in [4.78, 5) is 13.6. The summed E-state index contributed by atoms with van der Waals surface area (Å²) in [5.74, 6) is -0.438. The summed E-state index contributed by atoms with van der Waals surface area (Å²) in [5, 5.41) is 9.66. The summed E-state index contributed by atoms with van der Waals surface area (Å²) in [7, 11) is 1.33. The fourth-order valence-corrected chi connectivity index (χ4v) is 2.22. The molecule has 5 heteroatoms. The van der Waals surface area contributed by atoms with Gasteiger partial charge in [0.05, 0.1) is 18.8 Å². The number of nitrogens with two attached hydrogens (primary N) is 1. The lowest BCUT2D eigenvalue weighted by Crippen LogP contribution is -2.38. The Balaban J connectivity index is 2.26. The molecule has 1 heterocycles. The van der Waals surface area contributed by atoms with Crippen LogP contribution in [0.15, 0.2) is 18.2 Å². The third kappa shape index (κ3) is 2.56. The molecule has 3 N–H and O–H groups in total. The second-order valence-electron chi connectivity index (χ2n) is 4.51. The van der Waals surface area contributed by atoms with E-state index in [4.69, 9.17) is 10.5 Å². The molecular formula is C13H18N2O3. The lowest BCUT2D eigenvalue weighted by molar-refractivity contribution is 0.0602. The summed E-state index contributed by atoms with van der Waals surface area (Å²) < 4.78 is 4.69. The van der Waals surface area contributed by atoms with Gasteiger partial charge in [-0.2, -0.15) is 0 Å². The topological polar surface area (TPSA) is 75.8 Å². The highest BCUT2D eigenvalue weighted by Crippen LogP contribution is 2.24. The SMILES string of the molecule is COC(=O)c1cc(N2CCCC(O)C2)ccc1N. The van der Waals surface area contributed by atoms with Crippen molar-refractivity contribution in [3.63, 3.8) is 0 Å². The van der Waals surface area contributed by atoms with Gasteiger partial charge in [0.2, 0.25) is 0 Å². The molecule has 1 aromatic carbocycles. The van der Waals surface area contributed by atoms with E-state index in [1.807, 2.05) is 6.07 Å². The van der Waals surface area contributed by atoms with Gasteiger partial charge in [-0.1, -0.05) is 0 Å². The normalized spacial score (nSPS) is 19.7. The number of esters is 1. The van der Waals surface area contributed by atoms with Crippen molar-refractivity contribution in [1.29, 1.82) is 0 Å². The fourth-order valence-electron chi connectivity index (χ4n) is 2.22. The highest BCUT2D eigenvalue weighted by atomic mass is 16.5. The number of anilines is 2. The van der Waals surface area contributed by atoms with Gasteiger partial charge in [-0.3, -0.25) is 0 Å². The zero-order chi connectivity index (χ0) is 13.1. The number of aliphatic hydroxyl groups is 1. The first-order chi connectivity index (χ1) is 8.61. The smallest absolute Gasteiger partial charge is 0.340 e. The number of carbonyl (C=O) groups excluding carboxylic acids is 1. The van der Waals surface area contributed by atoms with E-state index < -0.39 is 5.97 Å². The third-order valence-corrected chi connectivity index (χ3v) is 3.20. The summed E-state index contributed by atoms with van der Waals surface area (Å²) >= 11 is 0. The van der Waals surface area contributed by atoms with Crippen LogP contribution in [0.4, 0.5) is 11.4 Å². The largest absolute Gasteiger partial charge is 0.465 e. The molecule has 0 aromatic heterocycles. The number of hydrogen-bond donors (Lipinski definition) is 2. The van der Waals surface area contributed by atoms with Crippen LogP contribution in [0, 0.1) is 0 Å². The van der Waals surface area contributed by atoms with Gasteiger partial charge < -0.3 is 20.5 Å². The maximum Gasteiger partial charge on any atom is 0.340 e. The summed E-state index contributed by atoms with van der Waals surface area (Å²) in [6, 6.07) is 5.28. The number of piperidine rings is 1. The lowest BCUT2D eigenvalue weighted by Gasteiger charge is -2.32. The van der Waals surface area contributed by atoms with E-state index in [-0.39, 0.29) is 6.10 Å². The second kappa shape index (κ2) is 5.27. The molecule has 1 unspecified atom stereocenters. The van der Waals surface area contributed by atoms with Crippen LogP contribution in [-0.2, 0) is 4.74 Å². The van der Waals surface area contributed by atoms with Gasteiger partial charge in [-0.25, -0.2) is 4.79 Å². The molecular weight excluding hydrogens is 232 g/mol.